The number of H-pyrrole nitrogens is 1. The van der Waals surface area contributed by atoms with E-state index in [-0.39, 0.29) is 5.54 Å². The maximum absolute atomic E-state index is 6.25. The Balaban J connectivity index is 1.90. The third-order valence-electron chi connectivity index (χ3n) is 3.87. The van der Waals surface area contributed by atoms with Crippen molar-refractivity contribution >= 4 is 11.0 Å². The molecule has 3 heteroatoms. The molecule has 17 heavy (non-hydrogen) atoms. The first-order valence-corrected chi connectivity index (χ1v) is 6.45. The number of fused-ring (bicyclic) bond motifs is 1. The van der Waals surface area contributed by atoms with Gasteiger partial charge >= 0.3 is 0 Å². The minimum absolute atomic E-state index is 0.00145. The zero-order valence-electron chi connectivity index (χ0n) is 10.3. The highest BCUT2D eigenvalue weighted by Gasteiger charge is 2.33. The predicted molar refractivity (Wildman–Crippen MR) is 69.9 cm³/mol. The second-order valence-electron chi connectivity index (χ2n) is 5.28. The summed E-state index contributed by atoms with van der Waals surface area (Å²) in [7, 11) is 0. The number of nitrogens with zero attached hydrogens (tertiary/aromatic N) is 1. The van der Waals surface area contributed by atoms with E-state index >= 15 is 0 Å². The van der Waals surface area contributed by atoms with Crippen LogP contribution in [0.5, 0.6) is 0 Å². The summed E-state index contributed by atoms with van der Waals surface area (Å²) < 4.78 is 0. The van der Waals surface area contributed by atoms with E-state index in [0.717, 1.165) is 42.5 Å². The Morgan fingerprint density at radius 3 is 2.88 bits per heavy atom. The molecule has 1 heterocycles. The molecule has 0 saturated heterocycles. The summed E-state index contributed by atoms with van der Waals surface area (Å²) in [6.07, 6.45) is 5.46. The summed E-state index contributed by atoms with van der Waals surface area (Å²) in [4.78, 5) is 8.02. The van der Waals surface area contributed by atoms with Crippen LogP contribution in [-0.2, 0) is 12.8 Å². The van der Waals surface area contributed by atoms with Gasteiger partial charge in [0.25, 0.3) is 0 Å². The maximum Gasteiger partial charge on any atom is 0.109 e. The maximum atomic E-state index is 6.25. The highest BCUT2D eigenvalue weighted by Crippen LogP contribution is 2.32. The summed E-state index contributed by atoms with van der Waals surface area (Å²) >= 11 is 0. The van der Waals surface area contributed by atoms with Gasteiger partial charge in [0.05, 0.1) is 11.0 Å². The van der Waals surface area contributed by atoms with Gasteiger partial charge in [-0.05, 0) is 43.4 Å². The molecule has 0 amide bonds. The monoisotopic (exact) mass is 229 g/mol. The van der Waals surface area contributed by atoms with Crippen LogP contribution in [0.4, 0.5) is 0 Å². The molecule has 3 rings (SSSR count). The Bertz CT molecular complexity index is 537. The molecular weight excluding hydrogens is 210 g/mol. The number of imidazole rings is 1. The predicted octanol–water partition coefficient (Wildman–Crippen LogP) is 2.55. The first-order chi connectivity index (χ1) is 8.18. The topological polar surface area (TPSA) is 54.7 Å². The van der Waals surface area contributed by atoms with Crippen LogP contribution in [0, 0.1) is 0 Å². The zero-order valence-corrected chi connectivity index (χ0v) is 10.3. The molecule has 1 aliphatic carbocycles. The Morgan fingerprint density at radius 2 is 2.24 bits per heavy atom. The van der Waals surface area contributed by atoms with Gasteiger partial charge in [0.1, 0.15) is 5.82 Å². The molecule has 90 valence electrons. The van der Waals surface area contributed by atoms with Crippen LogP contribution in [0.1, 0.15) is 37.6 Å². The van der Waals surface area contributed by atoms with E-state index in [9.17, 15) is 0 Å². The molecule has 0 bridgehead atoms. The highest BCUT2D eigenvalue weighted by atomic mass is 14.9. The van der Waals surface area contributed by atoms with Crippen LogP contribution >= 0.6 is 0 Å². The van der Waals surface area contributed by atoms with Crippen molar-refractivity contribution in [3.05, 3.63) is 29.6 Å². The standard InChI is InChI=1S/C14H19N3/c1-2-10-4-5-11-12(8-10)17-13(16-11)9-14(15)6-3-7-14/h4-5,8H,2-3,6-7,9,15H2,1H3,(H,16,17). The van der Waals surface area contributed by atoms with Crippen LogP contribution in [0.15, 0.2) is 18.2 Å². The van der Waals surface area contributed by atoms with Crippen molar-refractivity contribution in [2.24, 2.45) is 5.73 Å². The molecule has 1 aromatic carbocycles. The smallest absolute Gasteiger partial charge is 0.109 e. The third-order valence-corrected chi connectivity index (χ3v) is 3.87. The second-order valence-corrected chi connectivity index (χ2v) is 5.28. The van der Waals surface area contributed by atoms with E-state index in [0.29, 0.717) is 0 Å². The lowest BCUT2D eigenvalue weighted by Gasteiger charge is -2.37. The quantitative estimate of drug-likeness (QED) is 0.849. The van der Waals surface area contributed by atoms with Gasteiger partial charge in [-0.3, -0.25) is 0 Å². The van der Waals surface area contributed by atoms with E-state index in [1.54, 1.807) is 0 Å². The van der Waals surface area contributed by atoms with E-state index in [1.165, 1.54) is 12.0 Å². The fraction of sp³-hybridized carbons (Fsp3) is 0.500. The van der Waals surface area contributed by atoms with E-state index in [2.05, 4.69) is 35.1 Å². The molecule has 3 nitrogen and oxygen atoms in total. The molecule has 3 N–H and O–H groups in total. The lowest BCUT2D eigenvalue weighted by atomic mass is 9.75. The van der Waals surface area contributed by atoms with Gasteiger partial charge in [-0.15, -0.1) is 0 Å². The van der Waals surface area contributed by atoms with Crippen LogP contribution < -0.4 is 5.73 Å². The minimum atomic E-state index is 0.00145. The molecule has 0 spiro atoms. The van der Waals surface area contributed by atoms with Crippen molar-refractivity contribution in [1.82, 2.24) is 9.97 Å². The summed E-state index contributed by atoms with van der Waals surface area (Å²) in [5.74, 6) is 1.04. The number of hydrogen-bond donors (Lipinski definition) is 2. The van der Waals surface area contributed by atoms with Gasteiger partial charge in [-0.25, -0.2) is 4.98 Å². The molecule has 1 aromatic heterocycles. The number of aromatic nitrogens is 2. The SMILES string of the molecule is CCc1ccc2nc(CC3(N)CCC3)[nH]c2c1. The third kappa shape index (κ3) is 1.95. The fourth-order valence-corrected chi connectivity index (χ4v) is 2.55. The highest BCUT2D eigenvalue weighted by molar-refractivity contribution is 5.75. The first-order valence-electron chi connectivity index (χ1n) is 6.45. The van der Waals surface area contributed by atoms with Crippen molar-refractivity contribution in [2.75, 3.05) is 0 Å². The molecule has 1 saturated carbocycles. The lowest BCUT2D eigenvalue weighted by molar-refractivity contribution is 0.244. The fourth-order valence-electron chi connectivity index (χ4n) is 2.55. The Kier molecular flexibility index (Phi) is 2.44. The molecule has 0 unspecified atom stereocenters. The average Bonchev–Trinajstić information content (AvgIpc) is 2.67. The molecular formula is C14H19N3. The van der Waals surface area contributed by atoms with Gasteiger partial charge in [0.2, 0.25) is 0 Å². The van der Waals surface area contributed by atoms with Crippen LogP contribution in [0.3, 0.4) is 0 Å². The number of hydrogen-bond acceptors (Lipinski definition) is 2. The van der Waals surface area contributed by atoms with Gasteiger partial charge in [0, 0.05) is 12.0 Å². The van der Waals surface area contributed by atoms with Gasteiger partial charge in [0.15, 0.2) is 0 Å². The normalized spacial score (nSPS) is 18.2. The van der Waals surface area contributed by atoms with E-state index in [4.69, 9.17) is 5.73 Å². The summed E-state index contributed by atoms with van der Waals surface area (Å²) in [5.41, 5.74) is 9.80. The van der Waals surface area contributed by atoms with E-state index < -0.39 is 0 Å². The molecule has 1 fully saturated rings. The Labute approximate surface area is 101 Å². The summed E-state index contributed by atoms with van der Waals surface area (Å²) in [6.45, 7) is 2.17. The van der Waals surface area contributed by atoms with Crippen molar-refractivity contribution < 1.29 is 0 Å². The number of benzene rings is 1. The minimum Gasteiger partial charge on any atom is -0.342 e. The van der Waals surface area contributed by atoms with Gasteiger partial charge < -0.3 is 10.7 Å². The van der Waals surface area contributed by atoms with E-state index in [1.807, 2.05) is 0 Å². The van der Waals surface area contributed by atoms with Gasteiger partial charge in [-0.1, -0.05) is 13.0 Å². The molecule has 0 radical (unpaired) electrons. The zero-order chi connectivity index (χ0) is 11.9. The number of aromatic amines is 1. The molecule has 2 aromatic rings. The Morgan fingerprint density at radius 1 is 1.41 bits per heavy atom. The number of rotatable bonds is 3. The molecule has 0 atom stereocenters. The van der Waals surface area contributed by atoms with Gasteiger partial charge in [-0.2, -0.15) is 0 Å². The van der Waals surface area contributed by atoms with Crippen molar-refractivity contribution in [3.8, 4) is 0 Å². The largest absolute Gasteiger partial charge is 0.342 e. The Hall–Kier alpha value is -1.35. The van der Waals surface area contributed by atoms with Crippen molar-refractivity contribution in [2.45, 2.75) is 44.6 Å². The van der Waals surface area contributed by atoms with Crippen LogP contribution in [0.2, 0.25) is 0 Å². The average molecular weight is 229 g/mol. The lowest BCUT2D eigenvalue weighted by Crippen LogP contribution is -2.48. The van der Waals surface area contributed by atoms with Crippen molar-refractivity contribution in [1.29, 1.82) is 0 Å². The summed E-state index contributed by atoms with van der Waals surface area (Å²) in [5, 5.41) is 0. The van der Waals surface area contributed by atoms with Crippen molar-refractivity contribution in [3.63, 3.8) is 0 Å². The van der Waals surface area contributed by atoms with Crippen LogP contribution in [-0.4, -0.2) is 15.5 Å². The second kappa shape index (κ2) is 3.84. The summed E-state index contributed by atoms with van der Waals surface area (Å²) in [6, 6.07) is 6.43. The molecule has 0 aliphatic heterocycles. The number of aryl methyl sites for hydroxylation is 1. The first kappa shape index (κ1) is 10.8. The van der Waals surface area contributed by atoms with Crippen LogP contribution in [0.25, 0.3) is 11.0 Å². The number of nitrogens with two attached hydrogens (primary N) is 1. The molecule has 1 aliphatic rings. The number of nitrogens with one attached hydrogen (secondary N) is 1.